The van der Waals surface area contributed by atoms with E-state index in [4.69, 9.17) is 0 Å². The average Bonchev–Trinajstić information content (AvgIpc) is 2.28. The van der Waals surface area contributed by atoms with E-state index in [1.54, 1.807) is 6.07 Å². The summed E-state index contributed by atoms with van der Waals surface area (Å²) in [5.74, 6) is 0.494. The van der Waals surface area contributed by atoms with Gasteiger partial charge in [0.25, 0.3) is 0 Å². The zero-order valence-electron chi connectivity index (χ0n) is 9.15. The lowest BCUT2D eigenvalue weighted by atomic mass is 9.92. The summed E-state index contributed by atoms with van der Waals surface area (Å²) in [5.41, 5.74) is 2.53. The smallest absolute Gasteiger partial charge is 0.179 e. The topological polar surface area (TPSA) is 34.1 Å². The van der Waals surface area contributed by atoms with Crippen LogP contribution in [-0.4, -0.2) is 19.9 Å². The molecule has 0 aliphatic heterocycles. The quantitative estimate of drug-likeness (QED) is 0.842. The van der Waals surface area contributed by atoms with Crippen LogP contribution in [0.2, 0.25) is 0 Å². The Bertz CT molecular complexity index is 478. The molecule has 0 amide bonds. The minimum atomic E-state index is -3.12. The first-order chi connectivity index (χ1) is 7.63. The van der Waals surface area contributed by atoms with Gasteiger partial charge in [0, 0.05) is 5.75 Å². The van der Waals surface area contributed by atoms with E-state index < -0.39 is 9.84 Å². The highest BCUT2D eigenvalue weighted by Crippen LogP contribution is 2.24. The number of benzene rings is 1. The van der Waals surface area contributed by atoms with Gasteiger partial charge in [-0.15, -0.1) is 0 Å². The highest BCUT2D eigenvalue weighted by Gasteiger charge is 2.16. The molecule has 0 radical (unpaired) electrons. The summed E-state index contributed by atoms with van der Waals surface area (Å²) in [7, 11) is -3.12. The molecule has 0 saturated carbocycles. The van der Waals surface area contributed by atoms with Crippen LogP contribution in [0.1, 0.15) is 24.0 Å². The first-order valence-corrected chi connectivity index (χ1v) is 7.87. The first kappa shape index (κ1) is 12.0. The Morgan fingerprint density at radius 3 is 2.50 bits per heavy atom. The van der Waals surface area contributed by atoms with Crippen LogP contribution in [0.25, 0.3) is 0 Å². The number of aryl methyl sites for hydroxylation is 2. The average molecular weight is 256 g/mol. The Hall–Kier alpha value is -0.480. The summed E-state index contributed by atoms with van der Waals surface area (Å²) in [6.45, 7) is 0. The van der Waals surface area contributed by atoms with Crippen LogP contribution in [0, 0.1) is 0 Å². The second-order valence-electron chi connectivity index (χ2n) is 4.18. The van der Waals surface area contributed by atoms with Gasteiger partial charge in [0.05, 0.1) is 10.6 Å². The summed E-state index contributed by atoms with van der Waals surface area (Å²) in [4.78, 5) is 0.460. The lowest BCUT2D eigenvalue weighted by molar-refractivity contribution is 0.597. The molecule has 4 heteroatoms. The van der Waals surface area contributed by atoms with Crippen molar-refractivity contribution in [3.05, 3.63) is 29.3 Å². The fourth-order valence-electron chi connectivity index (χ4n) is 2.14. The van der Waals surface area contributed by atoms with Gasteiger partial charge in [-0.25, -0.2) is 8.42 Å². The van der Waals surface area contributed by atoms with E-state index in [0.717, 1.165) is 12.8 Å². The monoisotopic (exact) mass is 256 g/mol. The van der Waals surface area contributed by atoms with Gasteiger partial charge in [0.15, 0.2) is 9.84 Å². The molecule has 1 aromatic carbocycles. The standard InChI is InChI=1S/C12H16O2S2/c13-16(14,8-7-15)12-6-5-10-3-1-2-4-11(10)9-12/h5-6,9,15H,1-4,7-8H2. The lowest BCUT2D eigenvalue weighted by Gasteiger charge is -2.16. The predicted molar refractivity (Wildman–Crippen MR) is 69.0 cm³/mol. The summed E-state index contributed by atoms with van der Waals surface area (Å²) in [6.07, 6.45) is 4.49. The Morgan fingerprint density at radius 1 is 1.12 bits per heavy atom. The molecule has 0 atom stereocenters. The van der Waals surface area contributed by atoms with Crippen LogP contribution in [-0.2, 0) is 22.7 Å². The highest BCUT2D eigenvalue weighted by molar-refractivity contribution is 7.92. The highest BCUT2D eigenvalue weighted by atomic mass is 32.2. The minimum Gasteiger partial charge on any atom is -0.224 e. The zero-order chi connectivity index (χ0) is 11.6. The molecule has 0 bridgehead atoms. The third-order valence-corrected chi connectivity index (χ3v) is 5.28. The van der Waals surface area contributed by atoms with Crippen molar-refractivity contribution in [1.82, 2.24) is 0 Å². The fraction of sp³-hybridized carbons (Fsp3) is 0.500. The van der Waals surface area contributed by atoms with Crippen molar-refractivity contribution >= 4 is 22.5 Å². The molecule has 1 aliphatic rings. The molecular formula is C12H16O2S2. The van der Waals surface area contributed by atoms with Crippen molar-refractivity contribution in [3.8, 4) is 0 Å². The van der Waals surface area contributed by atoms with E-state index >= 15 is 0 Å². The van der Waals surface area contributed by atoms with Gasteiger partial charge in [0.2, 0.25) is 0 Å². The van der Waals surface area contributed by atoms with E-state index in [9.17, 15) is 8.42 Å². The summed E-state index contributed by atoms with van der Waals surface area (Å²) < 4.78 is 23.7. The number of rotatable bonds is 3. The Morgan fingerprint density at radius 2 is 1.81 bits per heavy atom. The van der Waals surface area contributed by atoms with E-state index in [1.807, 2.05) is 12.1 Å². The van der Waals surface area contributed by atoms with Gasteiger partial charge >= 0.3 is 0 Å². The van der Waals surface area contributed by atoms with Gasteiger partial charge in [-0.1, -0.05) is 6.07 Å². The van der Waals surface area contributed by atoms with Crippen LogP contribution >= 0.6 is 12.6 Å². The molecule has 0 saturated heterocycles. The molecule has 0 N–H and O–H groups in total. The number of hydrogen-bond acceptors (Lipinski definition) is 3. The molecule has 0 aromatic heterocycles. The van der Waals surface area contributed by atoms with Crippen LogP contribution in [0.4, 0.5) is 0 Å². The maximum atomic E-state index is 11.9. The van der Waals surface area contributed by atoms with Crippen molar-refractivity contribution in [2.45, 2.75) is 30.6 Å². The molecule has 16 heavy (non-hydrogen) atoms. The largest absolute Gasteiger partial charge is 0.224 e. The number of fused-ring (bicyclic) bond motifs is 1. The van der Waals surface area contributed by atoms with Crippen molar-refractivity contribution < 1.29 is 8.42 Å². The molecule has 0 unspecified atom stereocenters. The lowest BCUT2D eigenvalue weighted by Crippen LogP contribution is -2.10. The Kier molecular flexibility index (Phi) is 3.60. The van der Waals surface area contributed by atoms with Gasteiger partial charge in [-0.05, 0) is 48.9 Å². The second-order valence-corrected chi connectivity index (χ2v) is 6.74. The zero-order valence-corrected chi connectivity index (χ0v) is 10.9. The summed E-state index contributed by atoms with van der Waals surface area (Å²) in [5, 5.41) is 0. The maximum absolute atomic E-state index is 11.9. The summed E-state index contributed by atoms with van der Waals surface area (Å²) in [6, 6.07) is 5.57. The van der Waals surface area contributed by atoms with Gasteiger partial charge < -0.3 is 0 Å². The minimum absolute atomic E-state index is 0.120. The first-order valence-electron chi connectivity index (χ1n) is 5.59. The van der Waals surface area contributed by atoms with Crippen LogP contribution in [0.5, 0.6) is 0 Å². The molecule has 2 rings (SSSR count). The molecular weight excluding hydrogens is 240 g/mol. The fourth-order valence-corrected chi connectivity index (χ4v) is 3.94. The molecule has 1 aromatic rings. The van der Waals surface area contributed by atoms with Crippen LogP contribution in [0.3, 0.4) is 0 Å². The number of thiol groups is 1. The van der Waals surface area contributed by atoms with Crippen LogP contribution in [0.15, 0.2) is 23.1 Å². The van der Waals surface area contributed by atoms with Gasteiger partial charge in [-0.2, -0.15) is 12.6 Å². The van der Waals surface area contributed by atoms with Crippen molar-refractivity contribution in [2.24, 2.45) is 0 Å². The van der Waals surface area contributed by atoms with Gasteiger partial charge in [-0.3, -0.25) is 0 Å². The van der Waals surface area contributed by atoms with E-state index in [1.165, 1.54) is 24.0 Å². The van der Waals surface area contributed by atoms with Crippen molar-refractivity contribution in [3.63, 3.8) is 0 Å². The molecule has 1 aliphatic carbocycles. The summed E-state index contributed by atoms with van der Waals surface area (Å²) >= 11 is 3.98. The van der Waals surface area contributed by atoms with Crippen LogP contribution < -0.4 is 0 Å². The second kappa shape index (κ2) is 4.80. The van der Waals surface area contributed by atoms with E-state index in [2.05, 4.69) is 12.6 Å². The Labute approximate surface area is 102 Å². The number of hydrogen-bond donors (Lipinski definition) is 1. The normalized spacial score (nSPS) is 15.8. The third kappa shape index (κ3) is 2.43. The molecule has 0 heterocycles. The SMILES string of the molecule is O=S(=O)(CCS)c1ccc2c(c1)CCCC2. The number of sulfone groups is 1. The third-order valence-electron chi connectivity index (χ3n) is 3.04. The van der Waals surface area contributed by atoms with Crippen molar-refractivity contribution in [1.29, 1.82) is 0 Å². The Balaban J connectivity index is 2.37. The van der Waals surface area contributed by atoms with Gasteiger partial charge in [0.1, 0.15) is 0 Å². The molecule has 2 nitrogen and oxygen atoms in total. The molecule has 0 fully saturated rings. The maximum Gasteiger partial charge on any atom is 0.179 e. The van der Waals surface area contributed by atoms with Crippen molar-refractivity contribution in [2.75, 3.05) is 11.5 Å². The predicted octanol–water partition coefficient (Wildman–Crippen LogP) is 2.27. The van der Waals surface area contributed by atoms with E-state index in [0.29, 0.717) is 10.6 Å². The molecule has 88 valence electrons. The molecule has 0 spiro atoms. The van der Waals surface area contributed by atoms with E-state index in [-0.39, 0.29) is 5.75 Å².